The van der Waals surface area contributed by atoms with Crippen molar-refractivity contribution >= 4 is 12.2 Å². The zero-order valence-corrected chi connectivity index (χ0v) is 14.1. The second-order valence-corrected chi connectivity index (χ2v) is 7.17. The molecule has 1 heterocycles. The molecule has 3 rings (SSSR count). The van der Waals surface area contributed by atoms with Gasteiger partial charge in [0.2, 0.25) is 5.91 Å². The Balaban J connectivity index is 1.79. The van der Waals surface area contributed by atoms with Gasteiger partial charge in [-0.2, -0.15) is 0 Å². The predicted octanol–water partition coefficient (Wildman–Crippen LogP) is 3.50. The second-order valence-electron chi connectivity index (χ2n) is 7.17. The van der Waals surface area contributed by atoms with Gasteiger partial charge >= 0.3 is 0 Å². The highest BCUT2D eigenvalue weighted by Crippen LogP contribution is 2.45. The molecule has 0 N–H and O–H groups in total. The molecular weight excluding hydrogens is 286 g/mol. The van der Waals surface area contributed by atoms with E-state index in [4.69, 9.17) is 0 Å². The van der Waals surface area contributed by atoms with Gasteiger partial charge in [-0.3, -0.25) is 4.79 Å². The first-order valence-corrected chi connectivity index (χ1v) is 9.03. The lowest BCUT2D eigenvalue weighted by molar-refractivity contribution is -0.143. The third-order valence-electron chi connectivity index (χ3n) is 5.60. The zero-order chi connectivity index (χ0) is 16.3. The van der Waals surface area contributed by atoms with Gasteiger partial charge in [0, 0.05) is 19.0 Å². The quantitative estimate of drug-likeness (QED) is 0.780. The molecule has 2 fully saturated rings. The summed E-state index contributed by atoms with van der Waals surface area (Å²) in [6, 6.07) is 8.67. The summed E-state index contributed by atoms with van der Waals surface area (Å²) in [4.78, 5) is 26.2. The van der Waals surface area contributed by atoms with E-state index in [0.29, 0.717) is 6.54 Å². The van der Waals surface area contributed by atoms with Crippen LogP contribution in [-0.2, 0) is 21.4 Å². The molecule has 1 unspecified atom stereocenters. The molecule has 0 radical (unpaired) electrons. The lowest BCUT2D eigenvalue weighted by Gasteiger charge is -2.45. The molecule has 1 aliphatic heterocycles. The van der Waals surface area contributed by atoms with Crippen molar-refractivity contribution in [3.63, 3.8) is 0 Å². The maximum absolute atomic E-state index is 13.2. The van der Waals surface area contributed by atoms with E-state index in [2.05, 4.69) is 31.2 Å². The minimum Gasteiger partial charge on any atom is -0.341 e. The van der Waals surface area contributed by atoms with Crippen LogP contribution in [0.25, 0.3) is 0 Å². The lowest BCUT2D eigenvalue weighted by atomic mass is 9.63. The van der Waals surface area contributed by atoms with Crippen LogP contribution >= 0.6 is 0 Å². The van der Waals surface area contributed by atoms with E-state index in [1.807, 2.05) is 4.90 Å². The molecule has 3 heteroatoms. The van der Waals surface area contributed by atoms with E-state index >= 15 is 0 Å². The molecule has 1 aromatic carbocycles. The number of hydrogen-bond donors (Lipinski definition) is 0. The standard InChI is InChI=1S/C20H27NO2/c1-2-5-16-7-9-18(10-8-16)20(11-4-12-20)19(23)21-13-3-6-17(14-21)15-22/h7-10,15,17H,2-6,11-14H2,1H3. The van der Waals surface area contributed by atoms with E-state index in [0.717, 1.165) is 57.8 Å². The highest BCUT2D eigenvalue weighted by Gasteiger charge is 2.48. The largest absolute Gasteiger partial charge is 0.341 e. The number of aryl methyl sites for hydroxylation is 1. The maximum Gasteiger partial charge on any atom is 0.233 e. The van der Waals surface area contributed by atoms with Crippen molar-refractivity contribution in [1.82, 2.24) is 4.90 Å². The van der Waals surface area contributed by atoms with Gasteiger partial charge in [-0.1, -0.05) is 44.0 Å². The number of carbonyl (C=O) groups excluding carboxylic acids is 2. The SMILES string of the molecule is CCCc1ccc(C2(C(=O)N3CCCC(C=O)C3)CCC2)cc1. The molecule has 1 atom stereocenters. The Morgan fingerprint density at radius 3 is 2.57 bits per heavy atom. The normalized spacial score (nSPS) is 23.2. The fourth-order valence-electron chi connectivity index (χ4n) is 4.04. The number of carbonyl (C=O) groups is 2. The van der Waals surface area contributed by atoms with Crippen molar-refractivity contribution < 1.29 is 9.59 Å². The van der Waals surface area contributed by atoms with Crippen molar-refractivity contribution in [2.75, 3.05) is 13.1 Å². The molecule has 1 aliphatic carbocycles. The number of nitrogens with zero attached hydrogens (tertiary/aromatic N) is 1. The van der Waals surface area contributed by atoms with Crippen molar-refractivity contribution in [1.29, 1.82) is 0 Å². The molecule has 1 saturated heterocycles. The van der Waals surface area contributed by atoms with Crippen LogP contribution in [0.2, 0.25) is 0 Å². The van der Waals surface area contributed by atoms with Crippen LogP contribution in [0.4, 0.5) is 0 Å². The Hall–Kier alpha value is -1.64. The molecule has 0 bridgehead atoms. The van der Waals surface area contributed by atoms with Crippen LogP contribution in [0.1, 0.15) is 56.6 Å². The summed E-state index contributed by atoms with van der Waals surface area (Å²) >= 11 is 0. The molecule has 1 amide bonds. The Morgan fingerprint density at radius 1 is 1.26 bits per heavy atom. The highest BCUT2D eigenvalue weighted by atomic mass is 16.2. The van der Waals surface area contributed by atoms with Gasteiger partial charge in [0.15, 0.2) is 0 Å². The Bertz CT molecular complexity index is 560. The van der Waals surface area contributed by atoms with Crippen molar-refractivity contribution in [2.24, 2.45) is 5.92 Å². The van der Waals surface area contributed by atoms with Gasteiger partial charge < -0.3 is 9.69 Å². The maximum atomic E-state index is 13.2. The molecule has 1 aromatic rings. The summed E-state index contributed by atoms with van der Waals surface area (Å²) in [7, 11) is 0. The number of hydrogen-bond acceptors (Lipinski definition) is 2. The van der Waals surface area contributed by atoms with Crippen molar-refractivity contribution in [3.05, 3.63) is 35.4 Å². The lowest BCUT2D eigenvalue weighted by Crippen LogP contribution is -2.53. The van der Waals surface area contributed by atoms with Gasteiger partial charge in [0.05, 0.1) is 5.41 Å². The van der Waals surface area contributed by atoms with Gasteiger partial charge in [-0.15, -0.1) is 0 Å². The number of likely N-dealkylation sites (tertiary alicyclic amines) is 1. The van der Waals surface area contributed by atoms with Crippen LogP contribution in [-0.4, -0.2) is 30.2 Å². The molecule has 3 nitrogen and oxygen atoms in total. The second kappa shape index (κ2) is 6.86. The third-order valence-corrected chi connectivity index (χ3v) is 5.60. The highest BCUT2D eigenvalue weighted by molar-refractivity contribution is 5.89. The van der Waals surface area contributed by atoms with E-state index in [-0.39, 0.29) is 17.2 Å². The first-order chi connectivity index (χ1) is 11.2. The van der Waals surface area contributed by atoms with E-state index in [1.165, 1.54) is 11.1 Å². The number of amides is 1. The molecule has 23 heavy (non-hydrogen) atoms. The van der Waals surface area contributed by atoms with Gasteiger partial charge in [0.1, 0.15) is 6.29 Å². The van der Waals surface area contributed by atoms with Gasteiger partial charge in [0.25, 0.3) is 0 Å². The summed E-state index contributed by atoms with van der Waals surface area (Å²) in [5.74, 6) is 0.273. The Labute approximate surface area is 139 Å². The molecule has 0 aromatic heterocycles. The average molecular weight is 313 g/mol. The molecule has 124 valence electrons. The first-order valence-electron chi connectivity index (χ1n) is 9.03. The third kappa shape index (κ3) is 3.06. The summed E-state index contributed by atoms with van der Waals surface area (Å²) < 4.78 is 0. The molecule has 1 saturated carbocycles. The van der Waals surface area contributed by atoms with Crippen LogP contribution in [0.15, 0.2) is 24.3 Å². The zero-order valence-electron chi connectivity index (χ0n) is 14.1. The van der Waals surface area contributed by atoms with Crippen LogP contribution < -0.4 is 0 Å². The van der Waals surface area contributed by atoms with E-state index in [9.17, 15) is 9.59 Å². The fourth-order valence-corrected chi connectivity index (χ4v) is 4.04. The summed E-state index contributed by atoms with van der Waals surface area (Å²) in [5.41, 5.74) is 2.19. The monoisotopic (exact) mass is 313 g/mol. The van der Waals surface area contributed by atoms with Gasteiger partial charge in [-0.25, -0.2) is 0 Å². The molecular formula is C20H27NO2. The van der Waals surface area contributed by atoms with Crippen molar-refractivity contribution in [3.8, 4) is 0 Å². The smallest absolute Gasteiger partial charge is 0.233 e. The molecule has 2 aliphatic rings. The van der Waals surface area contributed by atoms with Gasteiger partial charge in [-0.05, 0) is 43.2 Å². The van der Waals surface area contributed by atoms with Crippen molar-refractivity contribution in [2.45, 2.75) is 57.3 Å². The fraction of sp³-hybridized carbons (Fsp3) is 0.600. The minimum atomic E-state index is -0.324. The Morgan fingerprint density at radius 2 is 2.00 bits per heavy atom. The Kier molecular flexibility index (Phi) is 4.84. The van der Waals surface area contributed by atoms with Crippen LogP contribution in [0, 0.1) is 5.92 Å². The minimum absolute atomic E-state index is 0.0248. The number of aldehydes is 1. The van der Waals surface area contributed by atoms with Crippen LogP contribution in [0.5, 0.6) is 0 Å². The molecule has 0 spiro atoms. The van der Waals surface area contributed by atoms with E-state index < -0.39 is 0 Å². The van der Waals surface area contributed by atoms with E-state index in [1.54, 1.807) is 0 Å². The number of piperidine rings is 1. The predicted molar refractivity (Wildman–Crippen MR) is 91.3 cm³/mol. The average Bonchev–Trinajstić information content (AvgIpc) is 2.55. The topological polar surface area (TPSA) is 37.4 Å². The number of rotatable bonds is 5. The summed E-state index contributed by atoms with van der Waals surface area (Å²) in [6.45, 7) is 3.60. The first kappa shape index (κ1) is 16.2. The summed E-state index contributed by atoms with van der Waals surface area (Å²) in [6.07, 6.45) is 8.13. The number of benzene rings is 1. The van der Waals surface area contributed by atoms with Crippen LogP contribution in [0.3, 0.4) is 0 Å². The summed E-state index contributed by atoms with van der Waals surface area (Å²) in [5, 5.41) is 0.